The van der Waals surface area contributed by atoms with E-state index in [0.717, 1.165) is 22.4 Å². The molecule has 0 aliphatic carbocycles. The van der Waals surface area contributed by atoms with Gasteiger partial charge in [-0.15, -0.1) is 11.8 Å². The molecule has 0 saturated carbocycles. The molecule has 1 heterocycles. The number of carbonyl (C=O) groups is 2. The molecule has 0 unspecified atom stereocenters. The van der Waals surface area contributed by atoms with Crippen LogP contribution in [0, 0.1) is 0 Å². The van der Waals surface area contributed by atoms with Crippen molar-refractivity contribution in [2.75, 3.05) is 20.0 Å². The van der Waals surface area contributed by atoms with Crippen LogP contribution in [0.25, 0.3) is 10.2 Å². The summed E-state index contributed by atoms with van der Waals surface area (Å²) in [6.07, 6.45) is 1.09. The van der Waals surface area contributed by atoms with Crippen molar-refractivity contribution in [1.29, 1.82) is 0 Å². The maximum absolute atomic E-state index is 12.4. The molecule has 152 valence electrons. The molecule has 1 amide bonds. The number of aromatic nitrogens is 1. The number of amides is 1. The minimum absolute atomic E-state index is 0.00119. The zero-order valence-corrected chi connectivity index (χ0v) is 17.9. The Morgan fingerprint density at radius 1 is 1.14 bits per heavy atom. The van der Waals surface area contributed by atoms with Crippen molar-refractivity contribution in [2.45, 2.75) is 24.3 Å². The normalized spacial score (nSPS) is 11.6. The third-order valence-corrected chi connectivity index (χ3v) is 6.31. The van der Waals surface area contributed by atoms with Gasteiger partial charge >= 0.3 is 5.97 Å². The van der Waals surface area contributed by atoms with Crippen LogP contribution >= 0.6 is 23.1 Å². The van der Waals surface area contributed by atoms with E-state index in [1.165, 1.54) is 23.3 Å². The molecule has 1 aromatic heterocycles. The minimum Gasteiger partial charge on any atom is -0.497 e. The largest absolute Gasteiger partial charge is 0.497 e. The number of thiazole rings is 1. The van der Waals surface area contributed by atoms with Crippen molar-refractivity contribution in [1.82, 2.24) is 4.57 Å². The molecule has 0 radical (unpaired) electrons. The van der Waals surface area contributed by atoms with Gasteiger partial charge in [-0.2, -0.15) is 4.99 Å². The van der Waals surface area contributed by atoms with Gasteiger partial charge in [0.2, 0.25) is 5.91 Å². The van der Waals surface area contributed by atoms with Crippen molar-refractivity contribution < 1.29 is 19.1 Å². The van der Waals surface area contributed by atoms with Gasteiger partial charge in [-0.3, -0.25) is 9.59 Å². The second-order valence-electron chi connectivity index (χ2n) is 6.15. The summed E-state index contributed by atoms with van der Waals surface area (Å²) < 4.78 is 12.7. The van der Waals surface area contributed by atoms with E-state index in [1.807, 2.05) is 36.4 Å². The van der Waals surface area contributed by atoms with Crippen LogP contribution in [0.4, 0.5) is 0 Å². The molecule has 3 aromatic rings. The number of nitrogens with zero attached hydrogens (tertiary/aromatic N) is 2. The Bertz CT molecular complexity index is 1060. The highest BCUT2D eigenvalue weighted by molar-refractivity contribution is 7.99. The highest BCUT2D eigenvalue weighted by atomic mass is 32.2. The van der Waals surface area contributed by atoms with E-state index < -0.39 is 5.97 Å². The van der Waals surface area contributed by atoms with Gasteiger partial charge in [-0.25, -0.2) is 0 Å². The lowest BCUT2D eigenvalue weighted by molar-refractivity contribution is -0.141. The predicted molar refractivity (Wildman–Crippen MR) is 115 cm³/mol. The van der Waals surface area contributed by atoms with E-state index in [9.17, 15) is 9.59 Å². The lowest BCUT2D eigenvalue weighted by Crippen LogP contribution is -2.22. The predicted octanol–water partition coefficient (Wildman–Crippen LogP) is 3.88. The van der Waals surface area contributed by atoms with E-state index in [0.29, 0.717) is 17.0 Å². The number of esters is 1. The second kappa shape index (κ2) is 10.3. The number of rotatable bonds is 8. The quantitative estimate of drug-likeness (QED) is 0.308. The lowest BCUT2D eigenvalue weighted by atomic mass is 10.3. The highest BCUT2D eigenvalue weighted by Crippen LogP contribution is 2.23. The first-order chi connectivity index (χ1) is 14.1. The first-order valence-corrected chi connectivity index (χ1v) is 10.9. The first kappa shape index (κ1) is 21.1. The summed E-state index contributed by atoms with van der Waals surface area (Å²) in [4.78, 5) is 30.2. The summed E-state index contributed by atoms with van der Waals surface area (Å²) in [5, 5.41) is 0. The van der Waals surface area contributed by atoms with Gasteiger partial charge in [-0.1, -0.05) is 29.5 Å². The first-order valence-electron chi connectivity index (χ1n) is 9.10. The molecular weight excluding hydrogens is 408 g/mol. The lowest BCUT2D eigenvalue weighted by Gasteiger charge is -2.04. The van der Waals surface area contributed by atoms with Crippen LogP contribution in [0.2, 0.25) is 0 Å². The van der Waals surface area contributed by atoms with Crippen molar-refractivity contribution in [3.63, 3.8) is 0 Å². The van der Waals surface area contributed by atoms with Crippen molar-refractivity contribution in [2.24, 2.45) is 4.99 Å². The number of hydrogen-bond acceptors (Lipinski definition) is 6. The maximum Gasteiger partial charge on any atom is 0.325 e. The summed E-state index contributed by atoms with van der Waals surface area (Å²) >= 11 is 3.07. The van der Waals surface area contributed by atoms with Crippen molar-refractivity contribution in [3.05, 3.63) is 53.3 Å². The van der Waals surface area contributed by atoms with Gasteiger partial charge in [0.1, 0.15) is 12.3 Å². The Balaban J connectivity index is 1.75. The molecule has 0 aliphatic rings. The van der Waals surface area contributed by atoms with Crippen LogP contribution in [0.5, 0.6) is 5.75 Å². The van der Waals surface area contributed by atoms with Gasteiger partial charge < -0.3 is 14.0 Å². The molecule has 0 atom stereocenters. The fourth-order valence-corrected chi connectivity index (χ4v) is 4.65. The van der Waals surface area contributed by atoms with Crippen LogP contribution in [0.3, 0.4) is 0 Å². The molecule has 3 rings (SSSR count). The number of methoxy groups -OCH3 is 2. The maximum atomic E-state index is 12.4. The van der Waals surface area contributed by atoms with E-state index in [2.05, 4.69) is 17.1 Å². The monoisotopic (exact) mass is 430 g/mol. The fourth-order valence-electron chi connectivity index (χ4n) is 2.70. The summed E-state index contributed by atoms with van der Waals surface area (Å²) in [6.45, 7) is -0.00119. The number of thioether (sulfide) groups is 1. The van der Waals surface area contributed by atoms with Crippen LogP contribution in [0.1, 0.15) is 12.8 Å². The summed E-state index contributed by atoms with van der Waals surface area (Å²) in [5.74, 6) is 0.959. The average molecular weight is 431 g/mol. The van der Waals surface area contributed by atoms with Crippen LogP contribution < -0.4 is 9.54 Å². The van der Waals surface area contributed by atoms with Crippen LogP contribution in [0.15, 0.2) is 58.4 Å². The molecule has 8 heteroatoms. The van der Waals surface area contributed by atoms with Gasteiger partial charge in [0, 0.05) is 11.3 Å². The molecule has 0 aliphatic heterocycles. The van der Waals surface area contributed by atoms with Gasteiger partial charge in [0.05, 0.1) is 24.4 Å². The van der Waals surface area contributed by atoms with Gasteiger partial charge in [0.25, 0.3) is 0 Å². The summed E-state index contributed by atoms with van der Waals surface area (Å²) in [5.41, 5.74) is 0.812. The Hall–Kier alpha value is -2.58. The Morgan fingerprint density at radius 2 is 1.93 bits per heavy atom. The van der Waals surface area contributed by atoms with E-state index >= 15 is 0 Å². The third-order valence-electron chi connectivity index (χ3n) is 4.17. The van der Waals surface area contributed by atoms with Gasteiger partial charge in [-0.05, 0) is 42.5 Å². The Morgan fingerprint density at radius 3 is 2.66 bits per heavy atom. The molecule has 0 spiro atoms. The molecule has 0 N–H and O–H groups in total. The second-order valence-corrected chi connectivity index (χ2v) is 8.33. The number of benzene rings is 2. The summed E-state index contributed by atoms with van der Waals surface area (Å²) in [7, 11) is 2.94. The fraction of sp³-hybridized carbons (Fsp3) is 0.286. The zero-order valence-electron chi connectivity index (χ0n) is 16.3. The van der Waals surface area contributed by atoms with Gasteiger partial charge in [0.15, 0.2) is 4.80 Å². The topological polar surface area (TPSA) is 69.9 Å². The van der Waals surface area contributed by atoms with E-state index in [4.69, 9.17) is 9.47 Å². The SMILES string of the molecule is COC(=O)Cn1c(=NC(=O)CCCSc2ccccc2)sc2cc(OC)ccc21. The third kappa shape index (κ3) is 5.71. The zero-order chi connectivity index (χ0) is 20.6. The van der Waals surface area contributed by atoms with Crippen molar-refractivity contribution >= 4 is 45.2 Å². The molecule has 2 aromatic carbocycles. The number of carbonyl (C=O) groups excluding carboxylic acids is 2. The average Bonchev–Trinajstić information content (AvgIpc) is 3.07. The van der Waals surface area contributed by atoms with Crippen LogP contribution in [-0.4, -0.2) is 36.4 Å². The molecule has 0 saturated heterocycles. The molecule has 29 heavy (non-hydrogen) atoms. The smallest absolute Gasteiger partial charge is 0.325 e. The minimum atomic E-state index is -0.395. The molecular formula is C21H22N2O4S2. The van der Waals surface area contributed by atoms with E-state index in [-0.39, 0.29) is 12.5 Å². The molecule has 6 nitrogen and oxygen atoms in total. The standard InChI is InChI=1S/C21H22N2O4S2/c1-26-15-10-11-17-18(13-15)29-21(23(17)14-20(25)27-2)22-19(24)9-6-12-28-16-7-4-3-5-8-16/h3-5,7-8,10-11,13H,6,9,12,14H2,1-2H3. The Labute approximate surface area is 177 Å². The Kier molecular flexibility index (Phi) is 7.48. The molecule has 0 bridgehead atoms. The summed E-state index contributed by atoms with van der Waals surface area (Å²) in [6, 6.07) is 15.6. The van der Waals surface area contributed by atoms with E-state index in [1.54, 1.807) is 23.4 Å². The van der Waals surface area contributed by atoms with Crippen molar-refractivity contribution in [3.8, 4) is 5.75 Å². The number of ether oxygens (including phenoxy) is 2. The molecule has 0 fully saturated rings. The highest BCUT2D eigenvalue weighted by Gasteiger charge is 2.12. The number of hydrogen-bond donors (Lipinski definition) is 0. The number of fused-ring (bicyclic) bond motifs is 1. The van der Waals surface area contributed by atoms with Crippen LogP contribution in [-0.2, 0) is 20.9 Å².